The van der Waals surface area contributed by atoms with Crippen molar-refractivity contribution < 1.29 is 0 Å². The van der Waals surface area contributed by atoms with E-state index in [9.17, 15) is 0 Å². The standard InChI is InChI=1S/C67H72BN3/c1-39-32-57-60-58(33-39)71-61-47(59-62(71)46-20-17-18-22-48(46)67(59,15)16)21-19-23-52(61)68(60)51-27-26-45(37-56(51)70(57)55-38-50-49(36-42(55)4)65(11,12)30-31-66(50,13)14)69(53-28-24-43(34-40(53)2)63(5,6)7)54-29-25-44(35-41(54)3)64(8,9)10/h17-29,32-38H,30-31H2,1-16H3. The van der Waals surface area contributed by atoms with Gasteiger partial charge in [0, 0.05) is 61.7 Å². The third-order valence-electron chi connectivity index (χ3n) is 17.7. The highest BCUT2D eigenvalue weighted by molar-refractivity contribution is 7.00. The van der Waals surface area contributed by atoms with E-state index in [2.05, 4.69) is 246 Å². The van der Waals surface area contributed by atoms with Crippen LogP contribution in [0.15, 0.2) is 121 Å². The number of hydrogen-bond acceptors (Lipinski definition) is 2. The van der Waals surface area contributed by atoms with E-state index in [1.165, 1.54) is 135 Å². The third-order valence-corrected chi connectivity index (χ3v) is 17.7. The Morgan fingerprint density at radius 3 is 1.75 bits per heavy atom. The number of aromatic nitrogens is 1. The molecule has 2 aliphatic heterocycles. The van der Waals surface area contributed by atoms with Crippen molar-refractivity contribution in [2.45, 2.75) is 151 Å². The maximum atomic E-state index is 2.70. The normalized spacial score (nSPS) is 16.6. The molecule has 71 heavy (non-hydrogen) atoms. The molecule has 3 nitrogen and oxygen atoms in total. The summed E-state index contributed by atoms with van der Waals surface area (Å²) in [4.78, 5) is 5.26. The van der Waals surface area contributed by atoms with Gasteiger partial charge in [0.25, 0.3) is 6.71 Å². The summed E-state index contributed by atoms with van der Waals surface area (Å²) >= 11 is 0. The third kappa shape index (κ3) is 6.54. The first-order valence-corrected chi connectivity index (χ1v) is 26.4. The molecule has 0 atom stereocenters. The van der Waals surface area contributed by atoms with Crippen molar-refractivity contribution in [1.29, 1.82) is 0 Å². The van der Waals surface area contributed by atoms with Crippen molar-refractivity contribution in [1.82, 2.24) is 4.57 Å². The molecule has 2 aliphatic carbocycles. The fourth-order valence-corrected chi connectivity index (χ4v) is 13.6. The SMILES string of the molecule is Cc1cc2c3c(c1)-n1c4c(c5cccc(c51)B3c1ccc(N(c3ccc(C(C)(C)C)cc3C)c3ccc(C(C)(C)C)cc3C)cc1N2c1cc2c(cc1C)C(C)(C)CCC2(C)C)C(C)(C)c1ccccc1-4. The average molecular weight is 930 g/mol. The van der Waals surface area contributed by atoms with Gasteiger partial charge in [0.05, 0.1) is 5.69 Å². The van der Waals surface area contributed by atoms with Crippen LogP contribution in [-0.2, 0) is 27.1 Å². The molecule has 0 saturated carbocycles. The predicted molar refractivity (Wildman–Crippen MR) is 306 cm³/mol. The zero-order chi connectivity index (χ0) is 50.2. The zero-order valence-corrected chi connectivity index (χ0v) is 45.4. The van der Waals surface area contributed by atoms with Gasteiger partial charge in [0.15, 0.2) is 0 Å². The molecule has 0 unspecified atom stereocenters. The fraction of sp³-hybridized carbons (Fsp3) is 0.343. The summed E-state index contributed by atoms with van der Waals surface area (Å²) in [5.74, 6) is 0. The minimum Gasteiger partial charge on any atom is -0.311 e. The number of rotatable bonds is 4. The maximum absolute atomic E-state index is 2.70. The number of aryl methyl sites for hydroxylation is 4. The van der Waals surface area contributed by atoms with E-state index in [1.807, 2.05) is 0 Å². The van der Waals surface area contributed by atoms with Crippen LogP contribution in [0.5, 0.6) is 0 Å². The summed E-state index contributed by atoms with van der Waals surface area (Å²) in [5, 5.41) is 1.37. The molecule has 0 bridgehead atoms. The molecule has 0 N–H and O–H groups in total. The molecule has 4 heteroatoms. The summed E-state index contributed by atoms with van der Waals surface area (Å²) in [5.41, 5.74) is 30.6. The van der Waals surface area contributed by atoms with E-state index in [0.29, 0.717) is 0 Å². The topological polar surface area (TPSA) is 11.4 Å². The van der Waals surface area contributed by atoms with Crippen LogP contribution in [0.25, 0.3) is 27.8 Å². The van der Waals surface area contributed by atoms with Crippen LogP contribution >= 0.6 is 0 Å². The van der Waals surface area contributed by atoms with Gasteiger partial charge >= 0.3 is 0 Å². The number of anilines is 6. The zero-order valence-electron chi connectivity index (χ0n) is 45.4. The Bertz CT molecular complexity index is 3530. The lowest BCUT2D eigenvalue weighted by atomic mass is 9.33. The molecule has 0 radical (unpaired) electrons. The van der Waals surface area contributed by atoms with Crippen molar-refractivity contribution in [3.05, 3.63) is 177 Å². The Morgan fingerprint density at radius 2 is 1.13 bits per heavy atom. The van der Waals surface area contributed by atoms with Crippen molar-refractivity contribution in [3.8, 4) is 16.9 Å². The maximum Gasteiger partial charge on any atom is 0.252 e. The van der Waals surface area contributed by atoms with Gasteiger partial charge in [-0.3, -0.25) is 0 Å². The second-order valence-electron chi connectivity index (χ2n) is 26.0. The first-order chi connectivity index (χ1) is 33.4. The molecule has 0 fully saturated rings. The minimum absolute atomic E-state index is 0.0350. The molecule has 1 aromatic heterocycles. The summed E-state index contributed by atoms with van der Waals surface area (Å²) in [6, 6.07) is 48.3. The largest absolute Gasteiger partial charge is 0.311 e. The number of benzene rings is 7. The van der Waals surface area contributed by atoms with Crippen LogP contribution in [0.4, 0.5) is 34.1 Å². The van der Waals surface area contributed by atoms with Crippen LogP contribution in [0.3, 0.4) is 0 Å². The van der Waals surface area contributed by atoms with Gasteiger partial charge in [-0.15, -0.1) is 0 Å². The Kier molecular flexibility index (Phi) is 9.63. The summed E-state index contributed by atoms with van der Waals surface area (Å²) in [6.07, 6.45) is 2.35. The van der Waals surface area contributed by atoms with Gasteiger partial charge in [0.2, 0.25) is 0 Å². The molecule has 0 amide bonds. The second kappa shape index (κ2) is 14.9. The lowest BCUT2D eigenvalue weighted by molar-refractivity contribution is 0.332. The lowest BCUT2D eigenvalue weighted by Gasteiger charge is -2.45. The van der Waals surface area contributed by atoms with Gasteiger partial charge in [0.1, 0.15) is 0 Å². The van der Waals surface area contributed by atoms with Gasteiger partial charge in [-0.05, 0) is 177 Å². The van der Waals surface area contributed by atoms with Crippen molar-refractivity contribution in [2.75, 3.05) is 9.80 Å². The molecule has 7 aromatic carbocycles. The minimum atomic E-state index is -0.142. The Morgan fingerprint density at radius 1 is 0.521 bits per heavy atom. The van der Waals surface area contributed by atoms with E-state index in [-0.39, 0.29) is 33.8 Å². The first-order valence-electron chi connectivity index (χ1n) is 26.4. The number of fused-ring (bicyclic) bond motifs is 10. The van der Waals surface area contributed by atoms with Gasteiger partial charge in [-0.1, -0.05) is 162 Å². The Balaban J connectivity index is 1.18. The van der Waals surface area contributed by atoms with E-state index < -0.39 is 0 Å². The number of hydrogen-bond donors (Lipinski definition) is 0. The van der Waals surface area contributed by atoms with Gasteiger partial charge in [-0.25, -0.2) is 0 Å². The molecule has 358 valence electrons. The van der Waals surface area contributed by atoms with E-state index in [0.717, 1.165) is 12.1 Å². The lowest BCUT2D eigenvalue weighted by Crippen LogP contribution is -2.60. The smallest absolute Gasteiger partial charge is 0.252 e. The first kappa shape index (κ1) is 45.9. The molecule has 0 saturated heterocycles. The van der Waals surface area contributed by atoms with Crippen molar-refractivity contribution >= 4 is 68.1 Å². The van der Waals surface area contributed by atoms with Crippen molar-refractivity contribution in [2.24, 2.45) is 0 Å². The van der Waals surface area contributed by atoms with E-state index in [1.54, 1.807) is 0 Å². The molecule has 12 rings (SSSR count). The molecule has 3 heterocycles. The van der Waals surface area contributed by atoms with Crippen LogP contribution in [0.2, 0.25) is 0 Å². The molecule has 0 spiro atoms. The molecule has 8 aromatic rings. The number of para-hydroxylation sites is 1. The summed E-state index contributed by atoms with van der Waals surface area (Å²) < 4.78 is 2.69. The number of nitrogens with zero attached hydrogens (tertiary/aromatic N) is 3. The molecule has 4 aliphatic rings. The van der Waals surface area contributed by atoms with E-state index >= 15 is 0 Å². The highest BCUT2D eigenvalue weighted by atomic mass is 15.2. The quantitative estimate of drug-likeness (QED) is 0.163. The van der Waals surface area contributed by atoms with Crippen molar-refractivity contribution in [3.63, 3.8) is 0 Å². The highest BCUT2D eigenvalue weighted by Gasteiger charge is 2.48. The van der Waals surface area contributed by atoms with Crippen LogP contribution < -0.4 is 26.2 Å². The molecular formula is C67H72BN3. The summed E-state index contributed by atoms with van der Waals surface area (Å²) in [7, 11) is 0. The summed E-state index contributed by atoms with van der Waals surface area (Å²) in [6.45, 7) is 38.0. The Hall–Kier alpha value is -6.26. The fourth-order valence-electron chi connectivity index (χ4n) is 13.6. The van der Waals surface area contributed by atoms with Crippen LogP contribution in [0.1, 0.15) is 152 Å². The van der Waals surface area contributed by atoms with Gasteiger partial charge in [-0.2, -0.15) is 0 Å². The molecular weight excluding hydrogens is 858 g/mol. The van der Waals surface area contributed by atoms with Crippen LogP contribution in [-0.4, -0.2) is 11.3 Å². The predicted octanol–water partition coefficient (Wildman–Crippen LogP) is 16.2. The van der Waals surface area contributed by atoms with E-state index in [4.69, 9.17) is 0 Å². The van der Waals surface area contributed by atoms with Crippen LogP contribution in [0, 0.1) is 27.7 Å². The highest BCUT2D eigenvalue weighted by Crippen LogP contribution is 2.56. The average Bonchev–Trinajstić information content (AvgIpc) is 3.77. The van der Waals surface area contributed by atoms with Gasteiger partial charge < -0.3 is 14.4 Å². The second-order valence-corrected chi connectivity index (χ2v) is 26.0. The monoisotopic (exact) mass is 930 g/mol. The Labute approximate surface area is 425 Å².